The van der Waals surface area contributed by atoms with Gasteiger partial charge in [0.25, 0.3) is 0 Å². The lowest BCUT2D eigenvalue weighted by atomic mass is 10.6. The third kappa shape index (κ3) is 1.99. The molecule has 1 aromatic rings. The minimum absolute atomic E-state index is 0.119. The Kier molecular flexibility index (Phi) is 2.73. The van der Waals surface area contributed by atoms with Gasteiger partial charge in [0.05, 0.1) is 11.7 Å². The molecule has 0 aliphatic carbocycles. The van der Waals surface area contributed by atoms with E-state index in [4.69, 9.17) is 28.9 Å². The van der Waals surface area contributed by atoms with Crippen LogP contribution < -0.4 is 16.4 Å². The molecule has 0 fully saturated rings. The number of halogens is 2. The lowest BCUT2D eigenvalue weighted by molar-refractivity contribution is 1.28. The van der Waals surface area contributed by atoms with Gasteiger partial charge in [-0.3, -0.25) is 0 Å². The zero-order chi connectivity index (χ0) is 9.14. The first-order chi connectivity index (χ1) is 5.61. The number of amidine groups is 1. The summed E-state index contributed by atoms with van der Waals surface area (Å²) in [5.74, 6) is 0. The van der Waals surface area contributed by atoms with Gasteiger partial charge in [-0.25, -0.2) is 9.98 Å². The fourth-order valence-corrected chi connectivity index (χ4v) is 1.03. The van der Waals surface area contributed by atoms with E-state index in [0.717, 1.165) is 0 Å². The van der Waals surface area contributed by atoms with Crippen LogP contribution in [0.25, 0.3) is 11.7 Å². The van der Waals surface area contributed by atoms with Crippen LogP contribution in [0, 0.1) is 0 Å². The minimum atomic E-state index is -0.137. The van der Waals surface area contributed by atoms with E-state index in [1.807, 2.05) is 0 Å². The second-order valence-corrected chi connectivity index (χ2v) is 2.70. The Labute approximate surface area is 78.4 Å². The highest BCUT2D eigenvalue weighted by molar-refractivity contribution is 6.65. The summed E-state index contributed by atoms with van der Waals surface area (Å²) in [6, 6.07) is 0. The zero-order valence-electron chi connectivity index (χ0n) is 6.01. The average Bonchev–Trinajstić information content (AvgIpc) is 2.33. The van der Waals surface area contributed by atoms with Crippen LogP contribution in [0.15, 0.2) is 11.3 Å². The van der Waals surface area contributed by atoms with Crippen LogP contribution in [0.4, 0.5) is 0 Å². The van der Waals surface area contributed by atoms with Gasteiger partial charge >= 0.3 is 0 Å². The number of aromatic nitrogens is 2. The van der Waals surface area contributed by atoms with Gasteiger partial charge in [0.15, 0.2) is 10.5 Å². The molecule has 0 unspecified atom stereocenters. The van der Waals surface area contributed by atoms with Crippen LogP contribution in [-0.2, 0) is 0 Å². The number of aliphatic imine (C=N–C) groups is 1. The van der Waals surface area contributed by atoms with E-state index < -0.39 is 0 Å². The molecule has 0 aliphatic heterocycles. The normalized spacial score (nSPS) is 14.7. The highest BCUT2D eigenvalue weighted by Gasteiger charge is 1.94. The lowest BCUT2D eigenvalue weighted by Crippen LogP contribution is -2.24. The quantitative estimate of drug-likeness (QED) is 0.374. The third-order valence-corrected chi connectivity index (χ3v) is 1.47. The highest BCUT2D eigenvalue weighted by Crippen LogP contribution is 2.00. The Hall–Kier alpha value is -1.000. The molecule has 1 aromatic heterocycles. The van der Waals surface area contributed by atoms with Crippen LogP contribution in [0.5, 0.6) is 0 Å². The fourth-order valence-electron chi connectivity index (χ4n) is 0.646. The topological polar surface area (TPSA) is 67.1 Å². The van der Waals surface area contributed by atoms with Crippen molar-refractivity contribution in [1.29, 1.82) is 0 Å². The van der Waals surface area contributed by atoms with E-state index in [0.29, 0.717) is 10.7 Å². The van der Waals surface area contributed by atoms with Crippen molar-refractivity contribution in [3.05, 3.63) is 17.0 Å². The Morgan fingerprint density at radius 1 is 1.67 bits per heavy atom. The van der Waals surface area contributed by atoms with Gasteiger partial charge in [-0.15, -0.1) is 0 Å². The van der Waals surface area contributed by atoms with E-state index in [9.17, 15) is 0 Å². The summed E-state index contributed by atoms with van der Waals surface area (Å²) < 4.78 is 0. The highest BCUT2D eigenvalue weighted by atomic mass is 35.5. The number of imidazole rings is 1. The van der Waals surface area contributed by atoms with Gasteiger partial charge < -0.3 is 10.7 Å². The molecule has 0 spiro atoms. The van der Waals surface area contributed by atoms with E-state index in [1.165, 1.54) is 6.33 Å². The Bertz CT molecular complexity index is 401. The summed E-state index contributed by atoms with van der Waals surface area (Å²) in [6.07, 6.45) is 1.46. The van der Waals surface area contributed by atoms with Gasteiger partial charge in [0.2, 0.25) is 0 Å². The number of hydrogen-bond acceptors (Lipinski definition) is 2. The van der Waals surface area contributed by atoms with Crippen molar-refractivity contribution in [3.8, 4) is 0 Å². The second-order valence-electron chi connectivity index (χ2n) is 1.96. The third-order valence-electron chi connectivity index (χ3n) is 1.12. The van der Waals surface area contributed by atoms with E-state index in [2.05, 4.69) is 21.5 Å². The zero-order valence-corrected chi connectivity index (χ0v) is 7.52. The SMILES string of the molecule is C=c1[nH]cn/c1=C(\Cl)N=C(N)Cl. The number of nitrogens with one attached hydrogen (secondary N) is 1. The van der Waals surface area contributed by atoms with Crippen molar-refractivity contribution in [1.82, 2.24) is 9.97 Å². The van der Waals surface area contributed by atoms with Gasteiger partial charge in [-0.2, -0.15) is 0 Å². The Morgan fingerprint density at radius 3 is 2.75 bits per heavy atom. The molecular formula is C6H6Cl2N4. The largest absolute Gasteiger partial charge is 0.374 e. The van der Waals surface area contributed by atoms with Crippen molar-refractivity contribution in [2.24, 2.45) is 10.7 Å². The van der Waals surface area contributed by atoms with Crippen LogP contribution in [-0.4, -0.2) is 15.3 Å². The molecule has 1 heterocycles. The fraction of sp³-hybridized carbons (Fsp3) is 0. The molecule has 0 atom stereocenters. The molecule has 64 valence electrons. The number of hydrogen-bond donors (Lipinski definition) is 2. The molecular weight excluding hydrogens is 199 g/mol. The summed E-state index contributed by atoms with van der Waals surface area (Å²) in [4.78, 5) is 10.2. The molecule has 12 heavy (non-hydrogen) atoms. The molecule has 0 amide bonds. The minimum Gasteiger partial charge on any atom is -0.374 e. The first-order valence-corrected chi connectivity index (χ1v) is 3.74. The maximum absolute atomic E-state index is 5.69. The second kappa shape index (κ2) is 3.60. The van der Waals surface area contributed by atoms with Gasteiger partial charge in [0, 0.05) is 0 Å². The van der Waals surface area contributed by atoms with Gasteiger partial charge in [-0.05, 0) is 11.6 Å². The predicted molar refractivity (Wildman–Crippen MR) is 50.1 cm³/mol. The average molecular weight is 205 g/mol. The van der Waals surface area contributed by atoms with E-state index in [-0.39, 0.29) is 10.5 Å². The van der Waals surface area contributed by atoms with Crippen molar-refractivity contribution in [3.63, 3.8) is 0 Å². The smallest absolute Gasteiger partial charge is 0.194 e. The summed E-state index contributed by atoms with van der Waals surface area (Å²) >= 11 is 11.0. The summed E-state index contributed by atoms with van der Waals surface area (Å²) in [5, 5.41) is 0.998. The first-order valence-electron chi connectivity index (χ1n) is 2.99. The van der Waals surface area contributed by atoms with Crippen LogP contribution in [0.3, 0.4) is 0 Å². The number of H-pyrrole nitrogens is 1. The predicted octanol–water partition coefficient (Wildman–Crippen LogP) is -0.322. The van der Waals surface area contributed by atoms with Crippen molar-refractivity contribution in [2.75, 3.05) is 0 Å². The van der Waals surface area contributed by atoms with Crippen LogP contribution in [0.1, 0.15) is 0 Å². The van der Waals surface area contributed by atoms with Gasteiger partial charge in [-0.1, -0.05) is 18.2 Å². The molecule has 0 saturated heterocycles. The molecule has 0 aromatic carbocycles. The first kappa shape index (κ1) is 9.09. The Balaban J connectivity index is 3.35. The molecule has 0 saturated carbocycles. The maximum Gasteiger partial charge on any atom is 0.194 e. The molecule has 3 N–H and O–H groups in total. The lowest BCUT2D eigenvalue weighted by Gasteiger charge is -1.85. The number of nitrogens with zero attached hydrogens (tertiary/aromatic N) is 2. The molecule has 0 radical (unpaired) electrons. The van der Waals surface area contributed by atoms with Crippen molar-refractivity contribution < 1.29 is 0 Å². The monoisotopic (exact) mass is 204 g/mol. The van der Waals surface area contributed by atoms with Gasteiger partial charge in [0.1, 0.15) is 5.35 Å². The molecule has 0 bridgehead atoms. The molecule has 4 nitrogen and oxygen atoms in total. The van der Waals surface area contributed by atoms with Crippen LogP contribution in [0.2, 0.25) is 0 Å². The number of nitrogens with two attached hydrogens (primary N) is 1. The molecule has 6 heteroatoms. The standard InChI is InChI=1S/C6H6Cl2N4/c1-3-4(11-2-10-3)5(7)12-6(8)9/h2H,1H2,(H2,9,12)(H,10,11)/b5-4+. The molecule has 1 rings (SSSR count). The van der Waals surface area contributed by atoms with Crippen molar-refractivity contribution >= 4 is 40.2 Å². The number of aromatic amines is 1. The van der Waals surface area contributed by atoms with Crippen LogP contribution >= 0.6 is 23.2 Å². The number of rotatable bonds is 1. The summed E-state index contributed by atoms with van der Waals surface area (Å²) in [7, 11) is 0. The summed E-state index contributed by atoms with van der Waals surface area (Å²) in [5.41, 5.74) is 5.10. The van der Waals surface area contributed by atoms with E-state index in [1.54, 1.807) is 0 Å². The Morgan fingerprint density at radius 2 is 2.33 bits per heavy atom. The molecule has 0 aliphatic rings. The summed E-state index contributed by atoms with van der Waals surface area (Å²) in [6.45, 7) is 3.63. The maximum atomic E-state index is 5.69. The van der Waals surface area contributed by atoms with Crippen molar-refractivity contribution in [2.45, 2.75) is 0 Å². The van der Waals surface area contributed by atoms with E-state index >= 15 is 0 Å².